The molecule has 0 bridgehead atoms. The third-order valence-corrected chi connectivity index (χ3v) is 3.19. The molecule has 7 nitrogen and oxygen atoms in total. The molecule has 0 unspecified atom stereocenters. The van der Waals surface area contributed by atoms with Crippen LogP contribution in [0.4, 0.5) is 0 Å². The Morgan fingerprint density at radius 3 is 2.60 bits per heavy atom. The van der Waals surface area contributed by atoms with E-state index in [1.165, 1.54) is 4.90 Å². The Morgan fingerprint density at radius 2 is 2.10 bits per heavy atom. The molecule has 7 heteroatoms. The zero-order valence-corrected chi connectivity index (χ0v) is 11.5. The summed E-state index contributed by atoms with van der Waals surface area (Å²) in [4.78, 5) is 27.8. The van der Waals surface area contributed by atoms with E-state index in [-0.39, 0.29) is 11.6 Å². The standard InChI is InChI=1S/C13H16N4O3/c1-7-10(8(2)16-11(7)13(19)20)12(18)17(3)6-9-4-14-15-5-9/h4-5,16H,6H2,1-3H3,(H,14,15)(H,19,20). The zero-order chi connectivity index (χ0) is 14.9. The van der Waals surface area contributed by atoms with Crippen molar-refractivity contribution < 1.29 is 14.7 Å². The summed E-state index contributed by atoms with van der Waals surface area (Å²) in [6, 6.07) is 0. The van der Waals surface area contributed by atoms with E-state index in [9.17, 15) is 9.59 Å². The number of rotatable bonds is 4. The first kappa shape index (κ1) is 13.9. The lowest BCUT2D eigenvalue weighted by atomic mass is 10.1. The van der Waals surface area contributed by atoms with Crippen LogP contribution < -0.4 is 0 Å². The molecular formula is C13H16N4O3. The summed E-state index contributed by atoms with van der Waals surface area (Å²) >= 11 is 0. The van der Waals surface area contributed by atoms with Crippen molar-refractivity contribution >= 4 is 11.9 Å². The fourth-order valence-electron chi connectivity index (χ4n) is 2.19. The Labute approximate surface area is 115 Å². The van der Waals surface area contributed by atoms with Crippen LogP contribution in [0.15, 0.2) is 12.4 Å². The number of carboxylic acid groups (broad SMARTS) is 1. The summed E-state index contributed by atoms with van der Waals surface area (Å²) < 4.78 is 0. The number of aryl methyl sites for hydroxylation is 1. The Hall–Kier alpha value is -2.57. The number of hydrogen-bond acceptors (Lipinski definition) is 3. The van der Waals surface area contributed by atoms with E-state index in [1.807, 2.05) is 0 Å². The summed E-state index contributed by atoms with van der Waals surface area (Å²) in [7, 11) is 1.67. The third kappa shape index (κ3) is 2.42. The largest absolute Gasteiger partial charge is 0.477 e. The van der Waals surface area contributed by atoms with Gasteiger partial charge in [0.1, 0.15) is 5.69 Å². The van der Waals surface area contributed by atoms with Gasteiger partial charge < -0.3 is 15.0 Å². The number of nitrogens with one attached hydrogen (secondary N) is 2. The normalized spacial score (nSPS) is 10.6. The first-order chi connectivity index (χ1) is 9.41. The van der Waals surface area contributed by atoms with E-state index < -0.39 is 5.97 Å². The topological polar surface area (TPSA) is 102 Å². The van der Waals surface area contributed by atoms with Gasteiger partial charge in [-0.15, -0.1) is 0 Å². The molecule has 2 aromatic heterocycles. The number of aromatic carboxylic acids is 1. The molecule has 3 N–H and O–H groups in total. The minimum absolute atomic E-state index is 0.0579. The van der Waals surface area contributed by atoms with Crippen LogP contribution in [-0.4, -0.2) is 44.1 Å². The zero-order valence-electron chi connectivity index (χ0n) is 11.5. The number of hydrogen-bond donors (Lipinski definition) is 3. The average Bonchev–Trinajstić information content (AvgIpc) is 2.97. The summed E-state index contributed by atoms with van der Waals surface area (Å²) in [5.41, 5.74) is 2.36. The molecule has 2 heterocycles. The smallest absolute Gasteiger partial charge is 0.352 e. The Morgan fingerprint density at radius 1 is 1.40 bits per heavy atom. The van der Waals surface area contributed by atoms with Crippen LogP contribution >= 0.6 is 0 Å². The molecule has 0 radical (unpaired) electrons. The van der Waals surface area contributed by atoms with Crippen molar-refractivity contribution in [1.29, 1.82) is 0 Å². The van der Waals surface area contributed by atoms with Crippen molar-refractivity contribution in [2.45, 2.75) is 20.4 Å². The van der Waals surface area contributed by atoms with Crippen molar-refractivity contribution in [2.24, 2.45) is 0 Å². The molecule has 0 fully saturated rings. The van der Waals surface area contributed by atoms with E-state index in [4.69, 9.17) is 5.11 Å². The maximum absolute atomic E-state index is 12.4. The molecule has 0 spiro atoms. The average molecular weight is 276 g/mol. The molecular weight excluding hydrogens is 260 g/mol. The molecule has 1 amide bonds. The van der Waals surface area contributed by atoms with Gasteiger partial charge in [0.25, 0.3) is 5.91 Å². The highest BCUT2D eigenvalue weighted by molar-refractivity contribution is 6.00. The Kier molecular flexibility index (Phi) is 3.60. The minimum atomic E-state index is -1.07. The molecule has 0 saturated heterocycles. The number of carboxylic acids is 1. The second kappa shape index (κ2) is 5.20. The quantitative estimate of drug-likeness (QED) is 0.783. The molecule has 0 atom stereocenters. The number of carbonyl (C=O) groups is 2. The molecule has 106 valence electrons. The highest BCUT2D eigenvalue weighted by Crippen LogP contribution is 2.20. The SMILES string of the molecule is Cc1[nH]c(C(=O)O)c(C)c1C(=O)N(C)Cc1cn[nH]c1. The summed E-state index contributed by atoms with van der Waals surface area (Å²) in [6.07, 6.45) is 3.35. The van der Waals surface area contributed by atoms with Crippen LogP contribution in [0.2, 0.25) is 0 Å². The van der Waals surface area contributed by atoms with E-state index >= 15 is 0 Å². The second-order valence-electron chi connectivity index (χ2n) is 4.70. The summed E-state index contributed by atoms with van der Waals surface area (Å²) in [5, 5.41) is 15.6. The molecule has 20 heavy (non-hydrogen) atoms. The van der Waals surface area contributed by atoms with Crippen molar-refractivity contribution in [3.05, 3.63) is 40.5 Å². The summed E-state index contributed by atoms with van der Waals surface area (Å²) in [6.45, 7) is 3.73. The van der Waals surface area contributed by atoms with Crippen LogP contribution in [0.25, 0.3) is 0 Å². The van der Waals surface area contributed by atoms with Gasteiger partial charge in [-0.3, -0.25) is 9.89 Å². The van der Waals surface area contributed by atoms with Gasteiger partial charge in [-0.2, -0.15) is 5.10 Å². The first-order valence-electron chi connectivity index (χ1n) is 6.07. The highest BCUT2D eigenvalue weighted by atomic mass is 16.4. The van der Waals surface area contributed by atoms with Crippen LogP contribution in [0.5, 0.6) is 0 Å². The number of amides is 1. The van der Waals surface area contributed by atoms with Crippen LogP contribution in [-0.2, 0) is 6.54 Å². The fourth-order valence-corrected chi connectivity index (χ4v) is 2.19. The molecule has 2 rings (SSSR count). The highest BCUT2D eigenvalue weighted by Gasteiger charge is 2.23. The number of H-pyrrole nitrogens is 2. The Bertz CT molecular complexity index is 643. The lowest BCUT2D eigenvalue weighted by Crippen LogP contribution is -2.27. The van der Waals surface area contributed by atoms with Gasteiger partial charge in [0.15, 0.2) is 0 Å². The van der Waals surface area contributed by atoms with Crippen LogP contribution in [0, 0.1) is 13.8 Å². The van der Waals surface area contributed by atoms with Crippen molar-refractivity contribution in [3.63, 3.8) is 0 Å². The summed E-state index contributed by atoms with van der Waals surface area (Å²) in [5.74, 6) is -1.29. The van der Waals surface area contributed by atoms with E-state index in [0.29, 0.717) is 23.4 Å². The second-order valence-corrected chi connectivity index (χ2v) is 4.70. The third-order valence-electron chi connectivity index (χ3n) is 3.19. The molecule has 0 aliphatic heterocycles. The molecule has 0 aliphatic carbocycles. The predicted molar refractivity (Wildman–Crippen MR) is 71.6 cm³/mol. The number of carbonyl (C=O) groups excluding carboxylic acids is 1. The van der Waals surface area contributed by atoms with Gasteiger partial charge in [-0.1, -0.05) is 0 Å². The van der Waals surface area contributed by atoms with Gasteiger partial charge >= 0.3 is 5.97 Å². The molecule has 2 aromatic rings. The maximum atomic E-state index is 12.4. The van der Waals surface area contributed by atoms with Crippen molar-refractivity contribution in [3.8, 4) is 0 Å². The number of nitrogens with zero attached hydrogens (tertiary/aromatic N) is 2. The van der Waals surface area contributed by atoms with Gasteiger partial charge in [-0.25, -0.2) is 4.79 Å². The van der Waals surface area contributed by atoms with E-state index in [1.54, 1.807) is 33.3 Å². The van der Waals surface area contributed by atoms with Crippen molar-refractivity contribution in [2.75, 3.05) is 7.05 Å². The van der Waals surface area contributed by atoms with Crippen molar-refractivity contribution in [1.82, 2.24) is 20.1 Å². The molecule has 0 aliphatic rings. The van der Waals surface area contributed by atoms with Gasteiger partial charge in [0.2, 0.25) is 0 Å². The maximum Gasteiger partial charge on any atom is 0.352 e. The Balaban J connectivity index is 2.27. The molecule has 0 aromatic carbocycles. The molecule has 0 saturated carbocycles. The van der Waals surface area contributed by atoms with Gasteiger partial charge in [0.05, 0.1) is 11.8 Å². The number of aromatic amines is 2. The van der Waals surface area contributed by atoms with E-state index in [0.717, 1.165) is 5.56 Å². The van der Waals surface area contributed by atoms with Crippen LogP contribution in [0.3, 0.4) is 0 Å². The monoisotopic (exact) mass is 276 g/mol. The predicted octanol–water partition coefficient (Wildman–Crippen LogP) is 1.33. The van der Waals surface area contributed by atoms with Gasteiger partial charge in [0, 0.05) is 31.0 Å². The fraction of sp³-hybridized carbons (Fsp3) is 0.308. The first-order valence-corrected chi connectivity index (χ1v) is 6.07. The lowest BCUT2D eigenvalue weighted by Gasteiger charge is -2.16. The van der Waals surface area contributed by atoms with Gasteiger partial charge in [-0.05, 0) is 19.4 Å². The van der Waals surface area contributed by atoms with Crippen LogP contribution in [0.1, 0.15) is 37.7 Å². The minimum Gasteiger partial charge on any atom is -0.477 e. The number of aromatic nitrogens is 3. The lowest BCUT2D eigenvalue weighted by molar-refractivity contribution is 0.0690. The van der Waals surface area contributed by atoms with E-state index in [2.05, 4.69) is 15.2 Å².